The number of amides is 1. The molecule has 14 nitrogen and oxygen atoms in total. The molecule has 2 aliphatic rings. The van der Waals surface area contributed by atoms with E-state index < -0.39 is 77.3 Å². The molecule has 9 atom stereocenters. The number of pyridine rings is 1. The summed E-state index contributed by atoms with van der Waals surface area (Å²) in [6.07, 6.45) is 5.62. The topological polar surface area (TPSA) is 198 Å². The number of rotatable bonds is 2. The minimum Gasteiger partial charge on any atom is -0.507 e. The highest BCUT2D eigenvalue weighted by Crippen LogP contribution is 2.54. The Morgan fingerprint density at radius 2 is 1.68 bits per heavy atom. The van der Waals surface area contributed by atoms with Gasteiger partial charge in [-0.05, 0) is 44.5 Å². The van der Waals surface area contributed by atoms with Crippen LogP contribution in [0.5, 0.6) is 17.2 Å². The van der Waals surface area contributed by atoms with Crippen LogP contribution in [-0.4, -0.2) is 84.8 Å². The molecular formula is C43H51N3O11. The number of carbonyl (C=O) groups is 3. The number of aryl methyl sites for hydroxylation is 1. The van der Waals surface area contributed by atoms with Crippen molar-refractivity contribution >= 4 is 50.8 Å². The zero-order valence-electron chi connectivity index (χ0n) is 33.8. The van der Waals surface area contributed by atoms with E-state index in [1.165, 1.54) is 40.2 Å². The van der Waals surface area contributed by atoms with Crippen LogP contribution in [-0.2, 0) is 23.8 Å². The number of fused-ring (bicyclic) bond motifs is 2. The van der Waals surface area contributed by atoms with E-state index in [9.17, 15) is 34.8 Å². The number of imidazole rings is 1. The Kier molecular flexibility index (Phi) is 11.2. The zero-order valence-corrected chi connectivity index (χ0v) is 33.8. The molecule has 0 saturated heterocycles. The molecule has 4 aromatic rings. The Labute approximate surface area is 330 Å². The highest BCUT2D eigenvalue weighted by atomic mass is 16.7. The molecule has 304 valence electrons. The molecule has 2 aliphatic heterocycles. The van der Waals surface area contributed by atoms with Gasteiger partial charge < -0.3 is 44.7 Å². The molecule has 2 aromatic carbocycles. The average molecular weight is 786 g/mol. The number of nitrogens with zero attached hydrogens (tertiary/aromatic N) is 2. The number of carbonyl (C=O) groups excluding carboxylic acids is 3. The highest BCUT2D eigenvalue weighted by molar-refractivity contribution is 6.28. The highest BCUT2D eigenvalue weighted by Gasteiger charge is 2.50. The van der Waals surface area contributed by atoms with Crippen molar-refractivity contribution in [1.82, 2.24) is 9.38 Å². The fraction of sp³-hybridized carbons (Fsp3) is 0.442. The number of benzene rings is 2. The first-order chi connectivity index (χ1) is 26.8. The van der Waals surface area contributed by atoms with Crippen LogP contribution in [0.15, 0.2) is 54.5 Å². The van der Waals surface area contributed by atoms with Crippen molar-refractivity contribution < 1.29 is 53.8 Å². The van der Waals surface area contributed by atoms with Crippen molar-refractivity contribution in [3.05, 3.63) is 71.2 Å². The molecule has 14 heteroatoms. The SMILES string of the molecule is CO[C@H]1C=COC2(C)Oc3c(C)c(O)c4c(O)c(c5c(nc6cc(C)ccn65)c4c3C2=O)NC(=O)C(C)=CC=C[C@H](C)[C@H](O)[C@@H](C)[C@@H](O)[C@@H](C)[C@H](OC(C)=O)[C@@H]1C. The van der Waals surface area contributed by atoms with E-state index >= 15 is 0 Å². The fourth-order valence-corrected chi connectivity index (χ4v) is 8.03. The number of ketones is 1. The second kappa shape index (κ2) is 15.5. The van der Waals surface area contributed by atoms with E-state index in [1.54, 1.807) is 63.4 Å². The molecule has 5 N–H and O–H groups in total. The molecule has 1 amide bonds. The summed E-state index contributed by atoms with van der Waals surface area (Å²) in [5, 5.41) is 49.4. The predicted octanol–water partition coefficient (Wildman–Crippen LogP) is 6.16. The number of aromatic nitrogens is 2. The molecule has 0 aliphatic carbocycles. The van der Waals surface area contributed by atoms with Gasteiger partial charge in [0, 0.05) is 67.3 Å². The molecule has 0 saturated carbocycles. The Hall–Kier alpha value is -5.44. The van der Waals surface area contributed by atoms with Crippen LogP contribution in [0.4, 0.5) is 5.69 Å². The van der Waals surface area contributed by atoms with Crippen LogP contribution in [0.2, 0.25) is 0 Å². The molecule has 2 aromatic heterocycles. The number of aliphatic hydroxyl groups excluding tert-OH is 2. The van der Waals surface area contributed by atoms with E-state index in [0.29, 0.717) is 5.65 Å². The standard InChI is InChI=1S/C43H51N3O11/c1-19-14-16-46-28(18-19)44-32-29-30-37(50)25(7)40-31(29)41(52)43(9,57-40)55-17-15-27(54-10)22(4)39(56-26(8)47)24(6)36(49)23(5)35(48)20(2)12-11-13-21(3)42(53)45-33(34(32)46)38(30)51/h11-18,20,22-24,27,35-36,39,48-51H,1-10H3,(H,45,53)/t20-,22+,23+,24+,27-,35-,36+,39+,43?/m0/s1. The molecule has 4 bridgehead atoms. The summed E-state index contributed by atoms with van der Waals surface area (Å²) < 4.78 is 25.5. The van der Waals surface area contributed by atoms with Gasteiger partial charge >= 0.3 is 11.8 Å². The average Bonchev–Trinajstić information content (AvgIpc) is 3.67. The maximum atomic E-state index is 14.6. The van der Waals surface area contributed by atoms with Gasteiger partial charge in [-0.1, -0.05) is 45.9 Å². The molecule has 1 unspecified atom stereocenters. The molecule has 0 radical (unpaired) electrons. The normalized spacial score (nSPS) is 28.8. The summed E-state index contributed by atoms with van der Waals surface area (Å²) in [7, 11) is 1.46. The molecule has 0 spiro atoms. The van der Waals surface area contributed by atoms with Gasteiger partial charge in [0.1, 0.15) is 40.0 Å². The van der Waals surface area contributed by atoms with E-state index in [0.717, 1.165) is 5.56 Å². The van der Waals surface area contributed by atoms with Crippen molar-refractivity contribution in [3.8, 4) is 17.2 Å². The number of nitrogens with one attached hydrogen (secondary N) is 1. The molecule has 0 fully saturated rings. The van der Waals surface area contributed by atoms with Gasteiger partial charge in [0.15, 0.2) is 5.75 Å². The van der Waals surface area contributed by atoms with E-state index in [1.807, 2.05) is 19.1 Å². The van der Waals surface area contributed by atoms with Crippen molar-refractivity contribution in [2.45, 2.75) is 92.5 Å². The first-order valence-electron chi connectivity index (χ1n) is 19.0. The second-order valence-corrected chi connectivity index (χ2v) is 15.6. The quantitative estimate of drug-likeness (QED) is 0.115. The Morgan fingerprint density at radius 3 is 2.35 bits per heavy atom. The lowest BCUT2D eigenvalue weighted by molar-refractivity contribution is -0.160. The number of anilines is 1. The number of methoxy groups -OCH3 is 1. The number of phenols is 2. The molecule has 57 heavy (non-hydrogen) atoms. The Bertz CT molecular complexity index is 2380. The van der Waals surface area contributed by atoms with Crippen LogP contribution < -0.4 is 10.1 Å². The Morgan fingerprint density at radius 1 is 0.982 bits per heavy atom. The smallest absolute Gasteiger partial charge is 0.312 e. The number of Topliss-reactive ketones (excluding diaryl/α,β-unsaturated/α-hetero) is 1. The van der Waals surface area contributed by atoms with Crippen LogP contribution in [0.25, 0.3) is 27.5 Å². The van der Waals surface area contributed by atoms with Crippen molar-refractivity contribution in [2.24, 2.45) is 23.7 Å². The van der Waals surface area contributed by atoms with Crippen LogP contribution in [0, 0.1) is 37.5 Å². The largest absolute Gasteiger partial charge is 0.507 e. The first kappa shape index (κ1) is 41.2. The van der Waals surface area contributed by atoms with E-state index in [-0.39, 0.29) is 55.7 Å². The minimum atomic E-state index is -1.96. The number of aromatic hydroxyl groups is 2. The number of phenolic OH excluding ortho intramolecular Hbond substituents is 2. The van der Waals surface area contributed by atoms with Gasteiger partial charge in [0.25, 0.3) is 11.7 Å². The summed E-state index contributed by atoms with van der Waals surface area (Å²) in [6.45, 7) is 14.7. The van der Waals surface area contributed by atoms with Gasteiger partial charge in [0.05, 0.1) is 35.5 Å². The van der Waals surface area contributed by atoms with Crippen molar-refractivity contribution in [3.63, 3.8) is 0 Å². The number of hydrogen-bond acceptors (Lipinski definition) is 12. The summed E-state index contributed by atoms with van der Waals surface area (Å²) in [5.74, 6) is -6.96. The molecule has 4 heterocycles. The summed E-state index contributed by atoms with van der Waals surface area (Å²) in [4.78, 5) is 45.6. The maximum Gasteiger partial charge on any atom is 0.312 e. The van der Waals surface area contributed by atoms with Gasteiger partial charge in [0.2, 0.25) is 0 Å². The number of esters is 1. The zero-order chi connectivity index (χ0) is 41.8. The number of hydrogen-bond donors (Lipinski definition) is 5. The second-order valence-electron chi connectivity index (χ2n) is 15.6. The number of aliphatic hydroxyl groups is 2. The fourth-order valence-electron chi connectivity index (χ4n) is 8.03. The summed E-state index contributed by atoms with van der Waals surface area (Å²) in [5.41, 5.74) is 2.18. The Balaban J connectivity index is 1.58. The van der Waals surface area contributed by atoms with Gasteiger partial charge in [-0.3, -0.25) is 18.8 Å². The number of allylic oxidation sites excluding steroid dienone is 2. The third-order valence-electron chi connectivity index (χ3n) is 11.5. The van der Waals surface area contributed by atoms with Gasteiger partial charge in [-0.15, -0.1) is 0 Å². The van der Waals surface area contributed by atoms with Crippen LogP contribution >= 0.6 is 0 Å². The number of ether oxygens (including phenoxy) is 4. The summed E-state index contributed by atoms with van der Waals surface area (Å²) >= 11 is 0. The monoisotopic (exact) mass is 785 g/mol. The molecule has 6 rings (SSSR count). The predicted molar refractivity (Wildman–Crippen MR) is 213 cm³/mol. The maximum absolute atomic E-state index is 14.6. The third kappa shape index (κ3) is 7.10. The first-order valence-corrected chi connectivity index (χ1v) is 19.0. The summed E-state index contributed by atoms with van der Waals surface area (Å²) in [6, 6.07) is 3.64. The van der Waals surface area contributed by atoms with Crippen molar-refractivity contribution in [2.75, 3.05) is 12.4 Å². The van der Waals surface area contributed by atoms with Gasteiger partial charge in [-0.2, -0.15) is 0 Å². The van der Waals surface area contributed by atoms with Crippen molar-refractivity contribution in [1.29, 1.82) is 0 Å². The van der Waals surface area contributed by atoms with E-state index in [2.05, 4.69) is 5.32 Å². The lowest BCUT2D eigenvalue weighted by atomic mass is 9.78. The van der Waals surface area contributed by atoms with Crippen LogP contribution in [0.1, 0.15) is 70.0 Å². The molecular weight excluding hydrogens is 734 g/mol. The lowest BCUT2D eigenvalue weighted by Crippen LogP contribution is -2.46. The van der Waals surface area contributed by atoms with Gasteiger partial charge in [-0.25, -0.2) is 4.98 Å². The van der Waals surface area contributed by atoms with E-state index in [4.69, 9.17) is 23.9 Å². The van der Waals surface area contributed by atoms with Crippen LogP contribution in [0.3, 0.4) is 0 Å². The lowest BCUT2D eigenvalue weighted by Gasteiger charge is -2.38. The minimum absolute atomic E-state index is 0.0185. The third-order valence-corrected chi connectivity index (χ3v) is 11.5.